The van der Waals surface area contributed by atoms with Crippen LogP contribution in [0.1, 0.15) is 12.8 Å². The molecule has 6 nitrogen and oxygen atoms in total. The first-order valence-electron chi connectivity index (χ1n) is 5.45. The van der Waals surface area contributed by atoms with Crippen LogP contribution in [0, 0.1) is 5.82 Å². The lowest BCUT2D eigenvalue weighted by Gasteiger charge is -2.07. The number of anilines is 1. The Hall–Kier alpha value is -1.51. The maximum absolute atomic E-state index is 13.2. The Labute approximate surface area is 110 Å². The van der Waals surface area contributed by atoms with Gasteiger partial charge < -0.3 is 10.1 Å². The van der Waals surface area contributed by atoms with E-state index in [1.807, 2.05) is 0 Å². The molecule has 8 heteroatoms. The predicted octanol–water partition coefficient (Wildman–Crippen LogP) is 0.838. The van der Waals surface area contributed by atoms with Crippen molar-refractivity contribution in [3.05, 3.63) is 24.0 Å². The molecule has 1 aromatic carbocycles. The summed E-state index contributed by atoms with van der Waals surface area (Å²) >= 11 is 0. The highest BCUT2D eigenvalue weighted by Crippen LogP contribution is 2.17. The van der Waals surface area contributed by atoms with Gasteiger partial charge in [0.15, 0.2) is 0 Å². The second-order valence-electron chi connectivity index (χ2n) is 3.87. The number of benzene rings is 1. The number of carbonyl (C=O) groups excluding carboxylic acids is 1. The van der Waals surface area contributed by atoms with Gasteiger partial charge in [0.25, 0.3) is 0 Å². The predicted molar refractivity (Wildman–Crippen MR) is 67.5 cm³/mol. The largest absolute Gasteiger partial charge is 0.385 e. The number of ether oxygens (including phenoxy) is 1. The number of sulfonamides is 1. The Kier molecular flexibility index (Phi) is 5.40. The molecule has 1 aromatic rings. The minimum absolute atomic E-state index is 0.0476. The molecule has 0 saturated heterocycles. The molecule has 0 unspecified atom stereocenters. The Morgan fingerprint density at radius 1 is 1.42 bits per heavy atom. The fourth-order valence-electron chi connectivity index (χ4n) is 1.40. The topological polar surface area (TPSA) is 98.5 Å². The zero-order valence-electron chi connectivity index (χ0n) is 10.3. The highest BCUT2D eigenvalue weighted by Gasteiger charge is 2.12. The zero-order chi connectivity index (χ0) is 14.5. The first-order chi connectivity index (χ1) is 8.82. The first-order valence-corrected chi connectivity index (χ1v) is 7.00. The van der Waals surface area contributed by atoms with E-state index >= 15 is 0 Å². The number of amides is 1. The van der Waals surface area contributed by atoms with E-state index < -0.39 is 15.8 Å². The molecular formula is C11H15FN2O4S. The fourth-order valence-corrected chi connectivity index (χ4v) is 1.97. The van der Waals surface area contributed by atoms with Crippen molar-refractivity contribution in [1.82, 2.24) is 0 Å². The van der Waals surface area contributed by atoms with E-state index in [4.69, 9.17) is 9.88 Å². The minimum atomic E-state index is -4.02. The molecule has 0 aliphatic carbocycles. The monoisotopic (exact) mass is 290 g/mol. The Morgan fingerprint density at radius 2 is 2.11 bits per heavy atom. The van der Waals surface area contributed by atoms with Gasteiger partial charge in [0.2, 0.25) is 15.9 Å². The van der Waals surface area contributed by atoms with Crippen LogP contribution in [0.5, 0.6) is 0 Å². The third-order valence-corrected chi connectivity index (χ3v) is 3.13. The molecule has 0 aliphatic rings. The van der Waals surface area contributed by atoms with Gasteiger partial charge in [0.1, 0.15) is 5.82 Å². The summed E-state index contributed by atoms with van der Waals surface area (Å²) in [6.07, 6.45) is 0.703. The normalized spacial score (nSPS) is 11.3. The Balaban J connectivity index is 2.79. The maximum Gasteiger partial charge on any atom is 0.238 e. The van der Waals surface area contributed by atoms with Crippen molar-refractivity contribution in [2.75, 3.05) is 19.0 Å². The molecule has 0 fully saturated rings. The summed E-state index contributed by atoms with van der Waals surface area (Å²) in [4.78, 5) is 11.1. The molecular weight excluding hydrogens is 275 g/mol. The number of carbonyl (C=O) groups is 1. The third-order valence-electron chi connectivity index (χ3n) is 2.24. The molecule has 0 aromatic heterocycles. The quantitative estimate of drug-likeness (QED) is 0.758. The molecule has 0 atom stereocenters. The van der Waals surface area contributed by atoms with Gasteiger partial charge in [-0.05, 0) is 24.6 Å². The van der Waals surface area contributed by atoms with E-state index in [0.717, 1.165) is 18.2 Å². The van der Waals surface area contributed by atoms with E-state index in [0.29, 0.717) is 13.0 Å². The molecule has 1 rings (SSSR count). The Bertz CT molecular complexity index is 560. The standard InChI is InChI=1S/C11H15FN2O4S/c1-18-4-2-3-11(15)14-9-5-8(12)6-10(7-9)19(13,16)17/h5-7H,2-4H2,1H3,(H,14,15)(H2,13,16,17). The van der Waals surface area contributed by atoms with E-state index in [9.17, 15) is 17.6 Å². The van der Waals surface area contributed by atoms with Gasteiger partial charge in [0, 0.05) is 25.8 Å². The highest BCUT2D eigenvalue weighted by molar-refractivity contribution is 7.89. The summed E-state index contributed by atoms with van der Waals surface area (Å²) in [6, 6.07) is 2.91. The van der Waals surface area contributed by atoms with Crippen LogP contribution in [0.3, 0.4) is 0 Å². The van der Waals surface area contributed by atoms with E-state index in [1.54, 1.807) is 0 Å². The van der Waals surface area contributed by atoms with Crippen molar-refractivity contribution >= 4 is 21.6 Å². The van der Waals surface area contributed by atoms with Gasteiger partial charge in [-0.15, -0.1) is 0 Å². The van der Waals surface area contributed by atoms with Crippen molar-refractivity contribution in [2.45, 2.75) is 17.7 Å². The molecule has 0 heterocycles. The van der Waals surface area contributed by atoms with Crippen LogP contribution in [-0.4, -0.2) is 28.0 Å². The number of methoxy groups -OCH3 is 1. The van der Waals surface area contributed by atoms with Gasteiger partial charge in [-0.3, -0.25) is 4.79 Å². The molecule has 0 radical (unpaired) electrons. The molecule has 19 heavy (non-hydrogen) atoms. The van der Waals surface area contributed by atoms with E-state index in [2.05, 4.69) is 5.32 Å². The number of primary sulfonamides is 1. The van der Waals surface area contributed by atoms with Crippen LogP contribution in [0.4, 0.5) is 10.1 Å². The lowest BCUT2D eigenvalue weighted by molar-refractivity contribution is -0.116. The van der Waals surface area contributed by atoms with Crippen LogP contribution >= 0.6 is 0 Å². The summed E-state index contributed by atoms with van der Waals surface area (Å²) in [5, 5.41) is 7.30. The molecule has 0 saturated carbocycles. The fraction of sp³-hybridized carbons (Fsp3) is 0.364. The molecule has 106 valence electrons. The average Bonchev–Trinajstić information content (AvgIpc) is 2.27. The molecule has 0 bridgehead atoms. The van der Waals surface area contributed by atoms with Crippen molar-refractivity contribution in [3.8, 4) is 0 Å². The van der Waals surface area contributed by atoms with Crippen LogP contribution in [-0.2, 0) is 19.6 Å². The van der Waals surface area contributed by atoms with Gasteiger partial charge in [-0.1, -0.05) is 0 Å². The molecule has 1 amide bonds. The van der Waals surface area contributed by atoms with E-state index in [1.165, 1.54) is 7.11 Å². The van der Waals surface area contributed by atoms with Gasteiger partial charge >= 0.3 is 0 Å². The number of nitrogens with two attached hydrogens (primary N) is 1. The highest BCUT2D eigenvalue weighted by atomic mass is 32.2. The van der Waals surface area contributed by atoms with Crippen LogP contribution in [0.15, 0.2) is 23.1 Å². The lowest BCUT2D eigenvalue weighted by atomic mass is 10.2. The summed E-state index contributed by atoms with van der Waals surface area (Å²) < 4.78 is 40.2. The number of halogens is 1. The summed E-state index contributed by atoms with van der Waals surface area (Å²) in [7, 11) is -2.50. The lowest BCUT2D eigenvalue weighted by Crippen LogP contribution is -2.15. The van der Waals surface area contributed by atoms with Crippen molar-refractivity contribution in [1.29, 1.82) is 0 Å². The van der Waals surface area contributed by atoms with Crippen molar-refractivity contribution < 1.29 is 22.3 Å². The minimum Gasteiger partial charge on any atom is -0.385 e. The zero-order valence-corrected chi connectivity index (χ0v) is 11.2. The smallest absolute Gasteiger partial charge is 0.238 e. The first kappa shape index (κ1) is 15.5. The van der Waals surface area contributed by atoms with Crippen molar-refractivity contribution in [3.63, 3.8) is 0 Å². The Morgan fingerprint density at radius 3 is 2.68 bits per heavy atom. The third kappa shape index (κ3) is 5.33. The molecule has 0 spiro atoms. The summed E-state index contributed by atoms with van der Waals surface area (Å²) in [5.74, 6) is -1.15. The summed E-state index contributed by atoms with van der Waals surface area (Å²) in [5.41, 5.74) is 0.0476. The average molecular weight is 290 g/mol. The second-order valence-corrected chi connectivity index (χ2v) is 5.43. The summed E-state index contributed by atoms with van der Waals surface area (Å²) in [6.45, 7) is 0.430. The van der Waals surface area contributed by atoms with Crippen LogP contribution in [0.25, 0.3) is 0 Å². The number of hydrogen-bond acceptors (Lipinski definition) is 4. The number of rotatable bonds is 6. The van der Waals surface area contributed by atoms with Crippen LogP contribution in [0.2, 0.25) is 0 Å². The van der Waals surface area contributed by atoms with Gasteiger partial charge in [-0.2, -0.15) is 0 Å². The second kappa shape index (κ2) is 6.60. The van der Waals surface area contributed by atoms with E-state index in [-0.39, 0.29) is 22.9 Å². The maximum atomic E-state index is 13.2. The number of hydrogen-bond donors (Lipinski definition) is 2. The van der Waals surface area contributed by atoms with Gasteiger partial charge in [0.05, 0.1) is 4.90 Å². The van der Waals surface area contributed by atoms with Crippen molar-refractivity contribution in [2.24, 2.45) is 5.14 Å². The number of nitrogens with one attached hydrogen (secondary N) is 1. The van der Waals surface area contributed by atoms with Crippen LogP contribution < -0.4 is 10.5 Å². The molecule has 3 N–H and O–H groups in total. The molecule has 0 aliphatic heterocycles. The SMILES string of the molecule is COCCCC(=O)Nc1cc(F)cc(S(N)(=O)=O)c1. The van der Waals surface area contributed by atoms with Gasteiger partial charge in [-0.25, -0.2) is 17.9 Å².